The number of anilines is 1. The van der Waals surface area contributed by atoms with Gasteiger partial charge in [-0.05, 0) is 49.6 Å². The second-order valence-corrected chi connectivity index (χ2v) is 5.06. The molecule has 0 aliphatic heterocycles. The van der Waals surface area contributed by atoms with E-state index in [1.54, 1.807) is 19.4 Å². The van der Waals surface area contributed by atoms with Crippen molar-refractivity contribution in [3.05, 3.63) is 48.0 Å². The van der Waals surface area contributed by atoms with Gasteiger partial charge in [-0.15, -0.1) is 0 Å². The number of hydrogen-bond donors (Lipinski definition) is 1. The van der Waals surface area contributed by atoms with Gasteiger partial charge < -0.3 is 14.4 Å². The third-order valence-electron chi connectivity index (χ3n) is 3.44. The van der Waals surface area contributed by atoms with Crippen molar-refractivity contribution in [1.82, 2.24) is 4.98 Å². The molecule has 0 saturated heterocycles. The Morgan fingerprint density at radius 3 is 2.95 bits per heavy atom. The van der Waals surface area contributed by atoms with Gasteiger partial charge in [-0.2, -0.15) is 0 Å². The fraction of sp³-hybridized carbons (Fsp3) is 0.400. The molecule has 4 nitrogen and oxygen atoms in total. The molecule has 19 heavy (non-hydrogen) atoms. The number of aromatic nitrogens is 1. The number of nitrogens with zero attached hydrogens (tertiary/aromatic N) is 2. The maximum atomic E-state index is 9.68. The fourth-order valence-electron chi connectivity index (χ4n) is 2.20. The van der Waals surface area contributed by atoms with Gasteiger partial charge in [0, 0.05) is 12.2 Å². The van der Waals surface area contributed by atoms with E-state index in [0.717, 1.165) is 23.7 Å². The minimum Gasteiger partial charge on any atom is -0.467 e. The Labute approximate surface area is 112 Å². The van der Waals surface area contributed by atoms with Crippen molar-refractivity contribution in [1.29, 1.82) is 0 Å². The molecule has 0 radical (unpaired) electrons. The Hall–Kier alpha value is -1.81. The summed E-state index contributed by atoms with van der Waals surface area (Å²) < 4.78 is 5.42. The van der Waals surface area contributed by atoms with Gasteiger partial charge in [-0.1, -0.05) is 0 Å². The molecule has 2 aromatic heterocycles. The van der Waals surface area contributed by atoms with Crippen molar-refractivity contribution in [3.63, 3.8) is 0 Å². The Morgan fingerprint density at radius 1 is 1.47 bits per heavy atom. The minimum atomic E-state index is -0.466. The zero-order chi connectivity index (χ0) is 13.2. The van der Waals surface area contributed by atoms with Crippen LogP contribution in [0.2, 0.25) is 0 Å². The van der Waals surface area contributed by atoms with Crippen LogP contribution < -0.4 is 4.90 Å². The van der Waals surface area contributed by atoms with E-state index in [0.29, 0.717) is 6.04 Å². The highest BCUT2D eigenvalue weighted by Gasteiger charge is 2.30. The molecule has 0 bridgehead atoms. The van der Waals surface area contributed by atoms with E-state index >= 15 is 0 Å². The van der Waals surface area contributed by atoms with Gasteiger partial charge in [0.15, 0.2) is 0 Å². The summed E-state index contributed by atoms with van der Waals surface area (Å²) >= 11 is 0. The predicted octanol–water partition coefficient (Wildman–Crippen LogP) is 2.90. The van der Waals surface area contributed by atoms with Crippen LogP contribution in [0.5, 0.6) is 0 Å². The van der Waals surface area contributed by atoms with E-state index in [9.17, 15) is 5.11 Å². The average Bonchev–Trinajstić information content (AvgIpc) is 3.13. The number of aliphatic hydroxyl groups excluding tert-OH is 1. The first-order valence-electron chi connectivity index (χ1n) is 6.67. The third-order valence-corrected chi connectivity index (χ3v) is 3.44. The summed E-state index contributed by atoms with van der Waals surface area (Å²) in [7, 11) is 0. The molecule has 1 atom stereocenters. The highest BCUT2D eigenvalue weighted by molar-refractivity contribution is 5.44. The average molecular weight is 258 g/mol. The molecule has 1 fully saturated rings. The number of pyridine rings is 1. The van der Waals surface area contributed by atoms with E-state index in [2.05, 4.69) is 9.88 Å². The van der Waals surface area contributed by atoms with Crippen LogP contribution in [-0.2, 0) is 6.54 Å². The van der Waals surface area contributed by atoms with E-state index in [4.69, 9.17) is 4.42 Å². The van der Waals surface area contributed by atoms with Crippen molar-refractivity contribution in [2.45, 2.75) is 38.5 Å². The summed E-state index contributed by atoms with van der Waals surface area (Å²) in [6.07, 6.45) is 5.38. The molecular formula is C15H18N2O2. The van der Waals surface area contributed by atoms with E-state index in [1.807, 2.05) is 24.3 Å². The van der Waals surface area contributed by atoms with Crippen molar-refractivity contribution in [3.8, 4) is 0 Å². The molecule has 1 aliphatic carbocycles. The SMILES string of the molecule is CC(O)c1ccnc(N(Cc2ccco2)C2CC2)c1. The standard InChI is InChI=1S/C15H18N2O2/c1-11(18)12-6-7-16-15(9-12)17(13-4-5-13)10-14-3-2-8-19-14/h2-3,6-9,11,13,18H,4-5,10H2,1H3. The molecule has 2 aromatic rings. The van der Waals surface area contributed by atoms with Gasteiger partial charge in [0.2, 0.25) is 0 Å². The smallest absolute Gasteiger partial charge is 0.129 e. The molecule has 4 heteroatoms. The Balaban J connectivity index is 1.85. The van der Waals surface area contributed by atoms with Crippen LogP contribution in [0.15, 0.2) is 41.1 Å². The summed E-state index contributed by atoms with van der Waals surface area (Å²) in [6.45, 7) is 2.50. The lowest BCUT2D eigenvalue weighted by molar-refractivity contribution is 0.199. The first kappa shape index (κ1) is 12.2. The quantitative estimate of drug-likeness (QED) is 0.896. The van der Waals surface area contributed by atoms with Crippen LogP contribution in [0.1, 0.15) is 37.2 Å². The van der Waals surface area contributed by atoms with Crippen LogP contribution in [0.4, 0.5) is 5.82 Å². The van der Waals surface area contributed by atoms with Crippen LogP contribution in [0.3, 0.4) is 0 Å². The van der Waals surface area contributed by atoms with Crippen LogP contribution in [0.25, 0.3) is 0 Å². The molecule has 0 amide bonds. The van der Waals surface area contributed by atoms with Gasteiger partial charge in [0.05, 0.1) is 18.9 Å². The summed E-state index contributed by atoms with van der Waals surface area (Å²) in [5.74, 6) is 1.86. The summed E-state index contributed by atoms with van der Waals surface area (Å²) in [4.78, 5) is 6.69. The lowest BCUT2D eigenvalue weighted by Gasteiger charge is -2.23. The van der Waals surface area contributed by atoms with Crippen LogP contribution in [0, 0.1) is 0 Å². The molecule has 0 spiro atoms. The van der Waals surface area contributed by atoms with E-state index < -0.39 is 6.10 Å². The monoisotopic (exact) mass is 258 g/mol. The topological polar surface area (TPSA) is 49.5 Å². The van der Waals surface area contributed by atoms with Crippen molar-refractivity contribution < 1.29 is 9.52 Å². The first-order valence-corrected chi connectivity index (χ1v) is 6.67. The lowest BCUT2D eigenvalue weighted by atomic mass is 10.1. The second kappa shape index (κ2) is 5.05. The zero-order valence-electron chi connectivity index (χ0n) is 11.0. The number of rotatable bonds is 5. The van der Waals surface area contributed by atoms with Gasteiger partial charge in [-0.25, -0.2) is 4.98 Å². The second-order valence-electron chi connectivity index (χ2n) is 5.06. The lowest BCUT2D eigenvalue weighted by Crippen LogP contribution is -2.25. The Bertz CT molecular complexity index is 533. The molecule has 1 aliphatic rings. The Kier molecular flexibility index (Phi) is 3.25. The fourth-order valence-corrected chi connectivity index (χ4v) is 2.20. The minimum absolute atomic E-state index is 0.466. The largest absolute Gasteiger partial charge is 0.467 e. The van der Waals surface area contributed by atoms with Crippen LogP contribution in [-0.4, -0.2) is 16.1 Å². The van der Waals surface area contributed by atoms with Gasteiger partial charge in [0.25, 0.3) is 0 Å². The summed E-state index contributed by atoms with van der Waals surface area (Å²) in [5.41, 5.74) is 0.898. The van der Waals surface area contributed by atoms with Gasteiger partial charge >= 0.3 is 0 Å². The molecule has 3 rings (SSSR count). The number of aliphatic hydroxyl groups is 1. The first-order chi connectivity index (χ1) is 9.24. The number of furan rings is 1. The van der Waals surface area contributed by atoms with E-state index in [1.165, 1.54) is 12.8 Å². The molecule has 1 saturated carbocycles. The molecule has 1 unspecified atom stereocenters. The maximum Gasteiger partial charge on any atom is 0.129 e. The van der Waals surface area contributed by atoms with Crippen LogP contribution >= 0.6 is 0 Å². The third kappa shape index (κ3) is 2.79. The summed E-state index contributed by atoms with van der Waals surface area (Å²) in [5, 5.41) is 9.68. The molecule has 2 heterocycles. The Morgan fingerprint density at radius 2 is 2.32 bits per heavy atom. The van der Waals surface area contributed by atoms with Crippen molar-refractivity contribution >= 4 is 5.82 Å². The van der Waals surface area contributed by atoms with Crippen molar-refractivity contribution in [2.24, 2.45) is 0 Å². The predicted molar refractivity (Wildman–Crippen MR) is 72.8 cm³/mol. The number of hydrogen-bond acceptors (Lipinski definition) is 4. The highest BCUT2D eigenvalue weighted by Crippen LogP contribution is 2.32. The normalized spacial score (nSPS) is 16.3. The molecule has 1 N–H and O–H groups in total. The van der Waals surface area contributed by atoms with Gasteiger partial charge in [-0.3, -0.25) is 0 Å². The zero-order valence-corrected chi connectivity index (χ0v) is 11.0. The van der Waals surface area contributed by atoms with E-state index in [-0.39, 0.29) is 0 Å². The summed E-state index contributed by atoms with van der Waals surface area (Å²) in [6, 6.07) is 8.24. The maximum absolute atomic E-state index is 9.68. The van der Waals surface area contributed by atoms with Gasteiger partial charge in [0.1, 0.15) is 11.6 Å². The molecular weight excluding hydrogens is 240 g/mol. The molecule has 0 aromatic carbocycles. The molecule has 100 valence electrons. The van der Waals surface area contributed by atoms with Crippen molar-refractivity contribution in [2.75, 3.05) is 4.90 Å². The highest BCUT2D eigenvalue weighted by atomic mass is 16.3.